The minimum atomic E-state index is -0.890. The van der Waals surface area contributed by atoms with Gasteiger partial charge in [0.05, 0.1) is 5.37 Å². The number of likely N-dealkylation sites (N-methyl/N-ethyl adjacent to an activating group) is 1. The molecular weight excluding hydrogens is 278 g/mol. The fraction of sp³-hybridized carbons (Fsp3) is 0.846. The molecule has 0 aromatic carbocycles. The molecule has 3 atom stereocenters. The molecule has 0 radical (unpaired) electrons. The maximum absolute atomic E-state index is 12.5. The molecule has 3 aliphatic rings. The van der Waals surface area contributed by atoms with Gasteiger partial charge in [-0.05, 0) is 38.8 Å². The molecule has 2 heterocycles. The van der Waals surface area contributed by atoms with E-state index in [1.165, 1.54) is 0 Å². The zero-order valence-corrected chi connectivity index (χ0v) is 12.4. The lowest BCUT2D eigenvalue weighted by molar-refractivity contribution is -0.141. The monoisotopic (exact) mass is 299 g/mol. The van der Waals surface area contributed by atoms with Gasteiger partial charge >= 0.3 is 12.0 Å². The number of carboxylic acid groups (broad SMARTS) is 1. The lowest BCUT2D eigenvalue weighted by Crippen LogP contribution is -2.53. The Bertz CT molecular complexity index is 416. The van der Waals surface area contributed by atoms with Crippen LogP contribution >= 0.6 is 11.8 Å². The highest BCUT2D eigenvalue weighted by molar-refractivity contribution is 8.00. The quantitative estimate of drug-likeness (QED) is 0.800. The number of rotatable bonds is 3. The number of carboxylic acids is 1. The second kappa shape index (κ2) is 5.44. The Labute approximate surface area is 122 Å². The summed E-state index contributed by atoms with van der Waals surface area (Å²) in [5, 5.41) is 12.4. The molecule has 20 heavy (non-hydrogen) atoms. The van der Waals surface area contributed by atoms with Crippen molar-refractivity contribution in [3.05, 3.63) is 0 Å². The van der Waals surface area contributed by atoms with Crippen molar-refractivity contribution < 1.29 is 14.7 Å². The van der Waals surface area contributed by atoms with Crippen molar-refractivity contribution in [2.24, 2.45) is 5.92 Å². The van der Waals surface area contributed by atoms with Crippen LogP contribution in [0.1, 0.15) is 19.3 Å². The summed E-state index contributed by atoms with van der Waals surface area (Å²) in [5.74, 6) is 0.106. The third-order valence-corrected chi connectivity index (χ3v) is 5.76. The van der Waals surface area contributed by atoms with Gasteiger partial charge in [-0.15, -0.1) is 11.8 Å². The number of urea groups is 1. The predicted molar refractivity (Wildman–Crippen MR) is 76.7 cm³/mol. The summed E-state index contributed by atoms with van der Waals surface area (Å²) in [5.41, 5.74) is 0. The molecule has 7 heteroatoms. The van der Waals surface area contributed by atoms with Crippen molar-refractivity contribution in [1.29, 1.82) is 0 Å². The Morgan fingerprint density at radius 2 is 2.05 bits per heavy atom. The number of carbonyl (C=O) groups excluding carboxylic acids is 1. The number of carbonyl (C=O) groups is 2. The van der Waals surface area contributed by atoms with Gasteiger partial charge in [0.25, 0.3) is 0 Å². The summed E-state index contributed by atoms with van der Waals surface area (Å²) in [6.07, 6.45) is 3.16. The van der Waals surface area contributed by atoms with Crippen LogP contribution < -0.4 is 5.32 Å². The number of aliphatic carboxylic acids is 1. The number of thioether (sulfide) groups is 1. The highest BCUT2D eigenvalue weighted by Gasteiger charge is 2.48. The molecule has 3 rings (SSSR count). The highest BCUT2D eigenvalue weighted by atomic mass is 32.2. The minimum absolute atomic E-state index is 0.0511. The molecule has 0 spiro atoms. The van der Waals surface area contributed by atoms with Crippen molar-refractivity contribution in [3.8, 4) is 0 Å². The number of hydrogen-bond acceptors (Lipinski definition) is 4. The molecule has 2 amide bonds. The van der Waals surface area contributed by atoms with Crippen LogP contribution in [-0.4, -0.2) is 70.3 Å². The van der Waals surface area contributed by atoms with E-state index >= 15 is 0 Å². The summed E-state index contributed by atoms with van der Waals surface area (Å²) >= 11 is 1.62. The molecule has 6 nitrogen and oxygen atoms in total. The first-order valence-electron chi connectivity index (χ1n) is 7.18. The van der Waals surface area contributed by atoms with Crippen molar-refractivity contribution in [2.45, 2.75) is 36.7 Å². The van der Waals surface area contributed by atoms with Gasteiger partial charge in [0, 0.05) is 18.3 Å². The topological polar surface area (TPSA) is 72.9 Å². The number of hydrogen-bond donors (Lipinski definition) is 2. The van der Waals surface area contributed by atoms with Crippen LogP contribution in [0.2, 0.25) is 0 Å². The van der Waals surface area contributed by atoms with Crippen LogP contribution in [0.15, 0.2) is 0 Å². The van der Waals surface area contributed by atoms with Crippen molar-refractivity contribution in [1.82, 2.24) is 15.1 Å². The Hall–Kier alpha value is -0.950. The predicted octanol–water partition coefficient (Wildman–Crippen LogP) is 0.638. The molecule has 0 aromatic heterocycles. The Balaban J connectivity index is 1.67. The maximum Gasteiger partial charge on any atom is 0.327 e. The molecule has 0 bridgehead atoms. The van der Waals surface area contributed by atoms with Gasteiger partial charge in [-0.25, -0.2) is 9.59 Å². The summed E-state index contributed by atoms with van der Waals surface area (Å²) in [7, 11) is 2.03. The minimum Gasteiger partial charge on any atom is -0.480 e. The maximum atomic E-state index is 12.5. The highest BCUT2D eigenvalue weighted by Crippen LogP contribution is 2.45. The molecule has 2 aliphatic heterocycles. The molecule has 3 fully saturated rings. The summed E-state index contributed by atoms with van der Waals surface area (Å²) in [6.45, 7) is 1.83. The fourth-order valence-corrected chi connectivity index (χ4v) is 4.65. The van der Waals surface area contributed by atoms with Crippen LogP contribution in [-0.2, 0) is 4.79 Å². The molecule has 1 saturated carbocycles. The molecule has 3 unspecified atom stereocenters. The Morgan fingerprint density at radius 1 is 1.30 bits per heavy atom. The third kappa shape index (κ3) is 2.74. The summed E-state index contributed by atoms with van der Waals surface area (Å²) in [6, 6.07) is -0.725. The number of amides is 2. The van der Waals surface area contributed by atoms with Crippen LogP contribution in [0.25, 0.3) is 0 Å². The van der Waals surface area contributed by atoms with E-state index in [0.717, 1.165) is 32.4 Å². The van der Waals surface area contributed by atoms with Crippen molar-refractivity contribution in [3.63, 3.8) is 0 Å². The first-order chi connectivity index (χ1) is 9.56. The van der Waals surface area contributed by atoms with Gasteiger partial charge in [-0.1, -0.05) is 0 Å². The van der Waals surface area contributed by atoms with E-state index in [9.17, 15) is 14.7 Å². The standard InChI is InChI=1S/C13H21N3O3S/c1-15-5-4-9(6-15)14-13(19)16-10(12(17)18)7-20-11(16)8-2-3-8/h8-11H,2-7H2,1H3,(H,14,19)(H,17,18). The largest absolute Gasteiger partial charge is 0.480 e. The zero-order chi connectivity index (χ0) is 14.3. The Morgan fingerprint density at radius 3 is 2.60 bits per heavy atom. The van der Waals surface area contributed by atoms with E-state index in [0.29, 0.717) is 11.7 Å². The number of likely N-dealkylation sites (tertiary alicyclic amines) is 1. The van der Waals surface area contributed by atoms with Crippen LogP contribution in [0, 0.1) is 5.92 Å². The van der Waals surface area contributed by atoms with E-state index in [-0.39, 0.29) is 17.4 Å². The van der Waals surface area contributed by atoms with E-state index < -0.39 is 12.0 Å². The van der Waals surface area contributed by atoms with Crippen molar-refractivity contribution in [2.75, 3.05) is 25.9 Å². The smallest absolute Gasteiger partial charge is 0.327 e. The van der Waals surface area contributed by atoms with Crippen LogP contribution in [0.3, 0.4) is 0 Å². The normalized spacial score (nSPS) is 34.5. The molecule has 2 saturated heterocycles. The second-order valence-corrected chi connectivity index (χ2v) is 7.17. The lowest BCUT2D eigenvalue weighted by Gasteiger charge is -2.29. The second-order valence-electron chi connectivity index (χ2n) is 6.02. The van der Waals surface area contributed by atoms with E-state index in [1.54, 1.807) is 16.7 Å². The number of nitrogens with zero attached hydrogens (tertiary/aromatic N) is 2. The van der Waals surface area contributed by atoms with Gasteiger partial charge < -0.3 is 15.3 Å². The first kappa shape index (κ1) is 14.0. The summed E-state index contributed by atoms with van der Waals surface area (Å²) < 4.78 is 0. The van der Waals surface area contributed by atoms with Gasteiger partial charge in [0.2, 0.25) is 0 Å². The van der Waals surface area contributed by atoms with Gasteiger partial charge in [0.15, 0.2) is 0 Å². The molecule has 0 aromatic rings. The molecular formula is C13H21N3O3S. The van der Waals surface area contributed by atoms with E-state index in [4.69, 9.17) is 0 Å². The molecule has 2 N–H and O–H groups in total. The van der Waals surface area contributed by atoms with Crippen LogP contribution in [0.4, 0.5) is 4.79 Å². The SMILES string of the molecule is CN1CCC(NC(=O)N2C(C(=O)O)CSC2C2CC2)C1. The Kier molecular flexibility index (Phi) is 3.81. The van der Waals surface area contributed by atoms with E-state index in [1.807, 2.05) is 7.05 Å². The van der Waals surface area contributed by atoms with Gasteiger partial charge in [-0.2, -0.15) is 0 Å². The zero-order valence-electron chi connectivity index (χ0n) is 11.6. The first-order valence-corrected chi connectivity index (χ1v) is 8.23. The average Bonchev–Trinajstić information content (AvgIpc) is 3.00. The van der Waals surface area contributed by atoms with Crippen LogP contribution in [0.5, 0.6) is 0 Å². The third-order valence-electron chi connectivity index (χ3n) is 4.30. The lowest BCUT2D eigenvalue weighted by atomic mass is 10.2. The van der Waals surface area contributed by atoms with Gasteiger partial charge in [-0.3, -0.25) is 4.90 Å². The van der Waals surface area contributed by atoms with Crippen molar-refractivity contribution >= 4 is 23.8 Å². The molecule has 1 aliphatic carbocycles. The molecule has 112 valence electrons. The average molecular weight is 299 g/mol. The fourth-order valence-electron chi connectivity index (χ4n) is 3.02. The summed E-state index contributed by atoms with van der Waals surface area (Å²) in [4.78, 5) is 27.6. The number of nitrogens with one attached hydrogen (secondary N) is 1. The van der Waals surface area contributed by atoms with E-state index in [2.05, 4.69) is 10.2 Å². The van der Waals surface area contributed by atoms with Gasteiger partial charge in [0.1, 0.15) is 6.04 Å².